The van der Waals surface area contributed by atoms with E-state index in [4.69, 9.17) is 0 Å². The standard InChI is InChI=1S/C22H21NO2/c1-22(18-10-4-2-5-11-18,19-12-6-3-7-13-19)21(25)23-20-14-8-9-17(15-20)16-24/h2-15,24H,16H2,1H3,(H,23,25). The van der Waals surface area contributed by atoms with Crippen molar-refractivity contribution in [2.24, 2.45) is 0 Å². The molecule has 3 rings (SSSR count). The minimum absolute atomic E-state index is 0.0572. The topological polar surface area (TPSA) is 49.3 Å². The van der Waals surface area contributed by atoms with Crippen LogP contribution in [-0.4, -0.2) is 11.0 Å². The Morgan fingerprint density at radius 1 is 0.880 bits per heavy atom. The Morgan fingerprint density at radius 2 is 1.44 bits per heavy atom. The van der Waals surface area contributed by atoms with Gasteiger partial charge in [-0.25, -0.2) is 0 Å². The molecule has 0 atom stereocenters. The SMILES string of the molecule is CC(C(=O)Nc1cccc(CO)c1)(c1ccccc1)c1ccccc1. The number of benzene rings is 3. The molecule has 2 N–H and O–H groups in total. The van der Waals surface area contributed by atoms with Crippen molar-refractivity contribution in [3.05, 3.63) is 102 Å². The van der Waals surface area contributed by atoms with E-state index < -0.39 is 5.41 Å². The Hall–Kier alpha value is -2.91. The summed E-state index contributed by atoms with van der Waals surface area (Å²) in [5, 5.41) is 12.3. The summed E-state index contributed by atoms with van der Waals surface area (Å²) in [5.41, 5.74) is 2.47. The van der Waals surface area contributed by atoms with Crippen LogP contribution < -0.4 is 5.32 Å². The predicted octanol–water partition coefficient (Wildman–Crippen LogP) is 4.12. The normalized spacial score (nSPS) is 11.1. The van der Waals surface area contributed by atoms with E-state index in [0.717, 1.165) is 16.7 Å². The Bertz CT molecular complexity index is 805. The number of hydrogen-bond donors (Lipinski definition) is 2. The molecule has 0 bridgehead atoms. The molecule has 0 saturated heterocycles. The minimum Gasteiger partial charge on any atom is -0.392 e. The van der Waals surface area contributed by atoms with E-state index in [1.165, 1.54) is 0 Å². The number of carbonyl (C=O) groups excluding carboxylic acids is 1. The highest BCUT2D eigenvalue weighted by molar-refractivity contribution is 6.01. The highest BCUT2D eigenvalue weighted by atomic mass is 16.3. The van der Waals surface area contributed by atoms with Crippen LogP contribution in [0.1, 0.15) is 23.6 Å². The van der Waals surface area contributed by atoms with Gasteiger partial charge in [0, 0.05) is 5.69 Å². The van der Waals surface area contributed by atoms with Crippen molar-refractivity contribution in [1.82, 2.24) is 0 Å². The third-order valence-corrected chi connectivity index (χ3v) is 4.52. The van der Waals surface area contributed by atoms with Gasteiger partial charge in [0.1, 0.15) is 0 Å². The van der Waals surface area contributed by atoms with Gasteiger partial charge < -0.3 is 10.4 Å². The molecule has 0 heterocycles. The first-order valence-electron chi connectivity index (χ1n) is 8.27. The molecule has 0 aromatic heterocycles. The molecule has 0 radical (unpaired) electrons. The molecule has 3 heteroatoms. The highest BCUT2D eigenvalue weighted by Gasteiger charge is 2.37. The van der Waals surface area contributed by atoms with Crippen LogP contribution >= 0.6 is 0 Å². The lowest BCUT2D eigenvalue weighted by Gasteiger charge is -2.29. The zero-order valence-electron chi connectivity index (χ0n) is 14.1. The van der Waals surface area contributed by atoms with Crippen LogP contribution in [0.3, 0.4) is 0 Å². The zero-order valence-corrected chi connectivity index (χ0v) is 14.1. The first-order chi connectivity index (χ1) is 12.1. The van der Waals surface area contributed by atoms with Gasteiger partial charge in [0.05, 0.1) is 12.0 Å². The van der Waals surface area contributed by atoms with Crippen molar-refractivity contribution in [3.63, 3.8) is 0 Å². The van der Waals surface area contributed by atoms with Crippen molar-refractivity contribution in [3.8, 4) is 0 Å². The first kappa shape index (κ1) is 16.9. The van der Waals surface area contributed by atoms with E-state index in [0.29, 0.717) is 5.69 Å². The molecule has 0 aliphatic rings. The van der Waals surface area contributed by atoms with Crippen LogP contribution in [0.15, 0.2) is 84.9 Å². The third kappa shape index (κ3) is 3.47. The van der Waals surface area contributed by atoms with Gasteiger partial charge in [0.2, 0.25) is 5.91 Å². The second kappa shape index (κ2) is 7.32. The van der Waals surface area contributed by atoms with E-state index >= 15 is 0 Å². The maximum absolute atomic E-state index is 13.3. The van der Waals surface area contributed by atoms with E-state index in [1.54, 1.807) is 6.07 Å². The molecule has 0 fully saturated rings. The lowest BCUT2D eigenvalue weighted by atomic mass is 9.75. The highest BCUT2D eigenvalue weighted by Crippen LogP contribution is 2.33. The van der Waals surface area contributed by atoms with Gasteiger partial charge in [-0.2, -0.15) is 0 Å². The average molecular weight is 331 g/mol. The minimum atomic E-state index is -0.822. The van der Waals surface area contributed by atoms with Crippen molar-refractivity contribution in [1.29, 1.82) is 0 Å². The monoisotopic (exact) mass is 331 g/mol. The molecular formula is C22H21NO2. The summed E-state index contributed by atoms with van der Waals surface area (Å²) >= 11 is 0. The number of nitrogens with one attached hydrogen (secondary N) is 1. The Kier molecular flexibility index (Phi) is 4.96. The van der Waals surface area contributed by atoms with Gasteiger partial charge >= 0.3 is 0 Å². The van der Waals surface area contributed by atoms with Gasteiger partial charge in [-0.05, 0) is 35.7 Å². The van der Waals surface area contributed by atoms with Crippen LogP contribution in [0.4, 0.5) is 5.69 Å². The van der Waals surface area contributed by atoms with Gasteiger partial charge in [0.15, 0.2) is 0 Å². The first-order valence-corrected chi connectivity index (χ1v) is 8.27. The summed E-state index contributed by atoms with van der Waals surface area (Å²) in [6.07, 6.45) is 0. The summed E-state index contributed by atoms with van der Waals surface area (Å²) in [4.78, 5) is 13.3. The van der Waals surface area contributed by atoms with Crippen molar-refractivity contribution < 1.29 is 9.90 Å². The molecule has 0 aliphatic heterocycles. The Morgan fingerprint density at radius 3 is 1.96 bits per heavy atom. The molecule has 126 valence electrons. The molecule has 25 heavy (non-hydrogen) atoms. The van der Waals surface area contributed by atoms with E-state index in [-0.39, 0.29) is 12.5 Å². The molecule has 0 aliphatic carbocycles. The fraction of sp³-hybridized carbons (Fsp3) is 0.136. The Labute approximate surface area is 148 Å². The summed E-state index contributed by atoms with van der Waals surface area (Å²) < 4.78 is 0. The molecule has 3 aromatic rings. The summed E-state index contributed by atoms with van der Waals surface area (Å²) in [6, 6.07) is 26.8. The number of hydrogen-bond acceptors (Lipinski definition) is 2. The third-order valence-electron chi connectivity index (χ3n) is 4.52. The number of rotatable bonds is 5. The largest absolute Gasteiger partial charge is 0.392 e. The number of aliphatic hydroxyl groups is 1. The molecule has 0 spiro atoms. The van der Waals surface area contributed by atoms with Crippen LogP contribution in [0, 0.1) is 0 Å². The Balaban J connectivity index is 2.01. The lowest BCUT2D eigenvalue weighted by molar-refractivity contribution is -0.119. The van der Waals surface area contributed by atoms with Gasteiger partial charge in [0.25, 0.3) is 0 Å². The van der Waals surface area contributed by atoms with Gasteiger partial charge in [-0.1, -0.05) is 72.8 Å². The number of aliphatic hydroxyl groups excluding tert-OH is 1. The molecular weight excluding hydrogens is 310 g/mol. The molecule has 3 aromatic carbocycles. The van der Waals surface area contributed by atoms with E-state index in [1.807, 2.05) is 85.8 Å². The smallest absolute Gasteiger partial charge is 0.239 e. The van der Waals surface area contributed by atoms with Crippen molar-refractivity contribution in [2.75, 3.05) is 5.32 Å². The summed E-state index contributed by atoms with van der Waals surface area (Å²) in [6.45, 7) is 1.88. The predicted molar refractivity (Wildman–Crippen MR) is 100 cm³/mol. The van der Waals surface area contributed by atoms with E-state index in [9.17, 15) is 9.90 Å². The van der Waals surface area contributed by atoms with Crippen molar-refractivity contribution >= 4 is 11.6 Å². The van der Waals surface area contributed by atoms with Gasteiger partial charge in [-0.15, -0.1) is 0 Å². The maximum atomic E-state index is 13.3. The summed E-state index contributed by atoms with van der Waals surface area (Å²) in [5.74, 6) is -0.111. The number of carbonyl (C=O) groups is 1. The lowest BCUT2D eigenvalue weighted by Crippen LogP contribution is -2.38. The average Bonchev–Trinajstić information content (AvgIpc) is 2.68. The number of amides is 1. The second-order valence-corrected chi connectivity index (χ2v) is 6.17. The van der Waals surface area contributed by atoms with Crippen LogP contribution in [0.25, 0.3) is 0 Å². The summed E-state index contributed by atoms with van der Waals surface area (Å²) in [7, 11) is 0. The van der Waals surface area contributed by atoms with Crippen LogP contribution in [0.2, 0.25) is 0 Å². The molecule has 1 amide bonds. The molecule has 0 unspecified atom stereocenters. The fourth-order valence-corrected chi connectivity index (χ4v) is 2.98. The maximum Gasteiger partial charge on any atom is 0.239 e. The van der Waals surface area contributed by atoms with Gasteiger partial charge in [-0.3, -0.25) is 4.79 Å². The zero-order chi connectivity index (χ0) is 17.7. The quantitative estimate of drug-likeness (QED) is 0.739. The fourth-order valence-electron chi connectivity index (χ4n) is 2.98. The second-order valence-electron chi connectivity index (χ2n) is 6.17. The van der Waals surface area contributed by atoms with Crippen LogP contribution in [-0.2, 0) is 16.8 Å². The molecule has 0 saturated carbocycles. The molecule has 3 nitrogen and oxygen atoms in total. The van der Waals surface area contributed by atoms with E-state index in [2.05, 4.69) is 5.32 Å². The van der Waals surface area contributed by atoms with Crippen molar-refractivity contribution in [2.45, 2.75) is 18.9 Å². The van der Waals surface area contributed by atoms with Crippen LogP contribution in [0.5, 0.6) is 0 Å². The number of anilines is 1.